The van der Waals surface area contributed by atoms with Crippen molar-refractivity contribution in [3.63, 3.8) is 0 Å². The van der Waals surface area contributed by atoms with Crippen LogP contribution in [0.15, 0.2) is 36.4 Å². The summed E-state index contributed by atoms with van der Waals surface area (Å²) in [4.78, 5) is 0. The summed E-state index contributed by atoms with van der Waals surface area (Å²) in [5.74, 6) is 1.75. The molecule has 0 aromatic heterocycles. The molecule has 2 aromatic carbocycles. The summed E-state index contributed by atoms with van der Waals surface area (Å²) in [6.45, 7) is 6.31. The second-order valence-corrected chi connectivity index (χ2v) is 5.49. The Morgan fingerprint density at radius 2 is 1.89 bits per heavy atom. The Kier molecular flexibility index (Phi) is 2.56. The molecule has 0 amide bonds. The van der Waals surface area contributed by atoms with Crippen molar-refractivity contribution in [3.05, 3.63) is 47.5 Å². The van der Waals surface area contributed by atoms with Crippen LogP contribution >= 0.6 is 0 Å². The van der Waals surface area contributed by atoms with Gasteiger partial charge in [0.25, 0.3) is 0 Å². The van der Waals surface area contributed by atoms with Gasteiger partial charge in [-0.25, -0.2) is 0 Å². The smallest absolute Gasteiger partial charge is 0.132 e. The maximum atomic E-state index is 6.15. The Morgan fingerprint density at radius 1 is 1.11 bits per heavy atom. The lowest BCUT2D eigenvalue weighted by Crippen LogP contribution is -2.29. The van der Waals surface area contributed by atoms with Gasteiger partial charge in [-0.3, -0.25) is 0 Å². The molecule has 0 atom stereocenters. The molecule has 0 bridgehead atoms. The largest absolute Gasteiger partial charge is 0.496 e. The van der Waals surface area contributed by atoms with Gasteiger partial charge in [-0.1, -0.05) is 29.8 Å². The quantitative estimate of drug-likeness (QED) is 0.755. The number of rotatable bonds is 1. The number of ether oxygens (including phenoxy) is 2. The Morgan fingerprint density at radius 3 is 2.63 bits per heavy atom. The molecule has 1 aliphatic heterocycles. The van der Waals surface area contributed by atoms with Crippen molar-refractivity contribution in [1.29, 1.82) is 0 Å². The van der Waals surface area contributed by atoms with Gasteiger partial charge in [-0.05, 0) is 38.5 Å². The molecule has 0 unspecified atom stereocenters. The van der Waals surface area contributed by atoms with Crippen molar-refractivity contribution in [1.82, 2.24) is 0 Å². The van der Waals surface area contributed by atoms with Crippen molar-refractivity contribution in [3.8, 4) is 22.6 Å². The summed E-state index contributed by atoms with van der Waals surface area (Å²) in [6.07, 6.45) is 0. The minimum Gasteiger partial charge on any atom is -0.496 e. The van der Waals surface area contributed by atoms with Crippen LogP contribution in [0, 0.1) is 6.92 Å². The molecule has 3 rings (SSSR count). The minimum atomic E-state index is -0.317. The number of benzene rings is 2. The molecule has 0 fully saturated rings. The zero-order valence-electron chi connectivity index (χ0n) is 11.8. The second-order valence-electron chi connectivity index (χ2n) is 5.49. The van der Waals surface area contributed by atoms with Gasteiger partial charge in [-0.2, -0.15) is 0 Å². The first-order valence-electron chi connectivity index (χ1n) is 6.50. The summed E-state index contributed by atoms with van der Waals surface area (Å²) in [6, 6.07) is 12.4. The third-order valence-electron chi connectivity index (χ3n) is 3.67. The Labute approximate surface area is 114 Å². The molecule has 1 heterocycles. The van der Waals surface area contributed by atoms with E-state index in [4.69, 9.17) is 9.47 Å². The summed E-state index contributed by atoms with van der Waals surface area (Å²) in [7, 11) is 1.70. The van der Waals surface area contributed by atoms with Gasteiger partial charge in [0, 0.05) is 5.56 Å². The molecular weight excluding hydrogens is 236 g/mol. The van der Waals surface area contributed by atoms with E-state index in [-0.39, 0.29) is 5.60 Å². The van der Waals surface area contributed by atoms with E-state index in [1.807, 2.05) is 18.2 Å². The van der Waals surface area contributed by atoms with Gasteiger partial charge >= 0.3 is 0 Å². The average Bonchev–Trinajstić information content (AvgIpc) is 2.36. The molecule has 2 aromatic rings. The molecule has 0 N–H and O–H groups in total. The van der Waals surface area contributed by atoms with Crippen LogP contribution < -0.4 is 9.47 Å². The minimum absolute atomic E-state index is 0.317. The SMILES string of the molecule is COc1cccc2c1-c1cc(C)ccc1C(C)(C)O2. The average molecular weight is 254 g/mol. The number of methoxy groups -OCH3 is 1. The molecule has 2 heteroatoms. The van der Waals surface area contributed by atoms with E-state index in [2.05, 4.69) is 39.0 Å². The fourth-order valence-corrected chi connectivity index (χ4v) is 2.75. The number of hydrogen-bond donors (Lipinski definition) is 0. The van der Waals surface area contributed by atoms with Crippen LogP contribution in [0.2, 0.25) is 0 Å². The van der Waals surface area contributed by atoms with Gasteiger partial charge in [0.05, 0.1) is 12.7 Å². The zero-order valence-corrected chi connectivity index (χ0v) is 11.8. The standard InChI is InChI=1S/C17H18O2/c1-11-8-9-13-12(10-11)16-14(18-4)6-5-7-15(16)19-17(13,2)3/h5-10H,1-4H3. The first-order chi connectivity index (χ1) is 9.03. The summed E-state index contributed by atoms with van der Waals surface area (Å²) < 4.78 is 11.6. The Hall–Kier alpha value is -1.96. The predicted octanol–water partition coefficient (Wildman–Crippen LogP) is 4.30. The molecule has 1 aliphatic rings. The van der Waals surface area contributed by atoms with Crippen LogP contribution in [0.5, 0.6) is 11.5 Å². The van der Waals surface area contributed by atoms with Crippen molar-refractivity contribution < 1.29 is 9.47 Å². The molecular formula is C17H18O2. The van der Waals surface area contributed by atoms with Crippen LogP contribution in [0.1, 0.15) is 25.0 Å². The maximum absolute atomic E-state index is 6.15. The highest BCUT2D eigenvalue weighted by Crippen LogP contribution is 2.49. The summed E-state index contributed by atoms with van der Waals surface area (Å²) in [5, 5.41) is 0. The van der Waals surface area contributed by atoms with Gasteiger partial charge in [0.2, 0.25) is 0 Å². The lowest BCUT2D eigenvalue weighted by molar-refractivity contribution is 0.105. The number of hydrogen-bond acceptors (Lipinski definition) is 2. The van der Waals surface area contributed by atoms with Crippen LogP contribution in [0.25, 0.3) is 11.1 Å². The lowest BCUT2D eigenvalue weighted by atomic mass is 9.85. The summed E-state index contributed by atoms with van der Waals surface area (Å²) in [5.41, 5.74) is 4.40. The van der Waals surface area contributed by atoms with Gasteiger partial charge in [0.15, 0.2) is 0 Å². The first-order valence-corrected chi connectivity index (χ1v) is 6.50. The Bertz CT molecular complexity index is 642. The van der Waals surface area contributed by atoms with E-state index in [9.17, 15) is 0 Å². The molecule has 0 spiro atoms. The van der Waals surface area contributed by atoms with E-state index >= 15 is 0 Å². The fourth-order valence-electron chi connectivity index (χ4n) is 2.75. The van der Waals surface area contributed by atoms with Crippen LogP contribution in [0.4, 0.5) is 0 Å². The normalized spacial score (nSPS) is 15.2. The van der Waals surface area contributed by atoms with Crippen LogP contribution in [-0.2, 0) is 5.60 Å². The van der Waals surface area contributed by atoms with Crippen molar-refractivity contribution >= 4 is 0 Å². The molecule has 19 heavy (non-hydrogen) atoms. The second kappa shape index (κ2) is 4.02. The predicted molar refractivity (Wildman–Crippen MR) is 76.8 cm³/mol. The van der Waals surface area contributed by atoms with E-state index in [0.29, 0.717) is 0 Å². The van der Waals surface area contributed by atoms with E-state index in [1.165, 1.54) is 16.7 Å². The van der Waals surface area contributed by atoms with Gasteiger partial charge in [0.1, 0.15) is 17.1 Å². The summed E-state index contributed by atoms with van der Waals surface area (Å²) >= 11 is 0. The highest BCUT2D eigenvalue weighted by molar-refractivity contribution is 5.82. The van der Waals surface area contributed by atoms with Crippen LogP contribution in [-0.4, -0.2) is 7.11 Å². The third kappa shape index (κ3) is 1.79. The zero-order chi connectivity index (χ0) is 13.6. The lowest BCUT2D eigenvalue weighted by Gasteiger charge is -2.35. The molecule has 98 valence electrons. The van der Waals surface area contributed by atoms with E-state index < -0.39 is 0 Å². The molecule has 0 radical (unpaired) electrons. The van der Waals surface area contributed by atoms with Crippen LogP contribution in [0.3, 0.4) is 0 Å². The third-order valence-corrected chi connectivity index (χ3v) is 3.67. The maximum Gasteiger partial charge on any atom is 0.132 e. The number of aryl methyl sites for hydroxylation is 1. The molecule has 0 saturated carbocycles. The van der Waals surface area contributed by atoms with Crippen molar-refractivity contribution in [2.45, 2.75) is 26.4 Å². The molecule has 2 nitrogen and oxygen atoms in total. The highest BCUT2D eigenvalue weighted by atomic mass is 16.5. The van der Waals surface area contributed by atoms with Crippen molar-refractivity contribution in [2.24, 2.45) is 0 Å². The van der Waals surface area contributed by atoms with Gasteiger partial charge < -0.3 is 9.47 Å². The van der Waals surface area contributed by atoms with Gasteiger partial charge in [-0.15, -0.1) is 0 Å². The highest BCUT2D eigenvalue weighted by Gasteiger charge is 2.33. The Balaban J connectivity index is 2.36. The number of fused-ring (bicyclic) bond motifs is 3. The van der Waals surface area contributed by atoms with Crippen molar-refractivity contribution in [2.75, 3.05) is 7.11 Å². The molecule has 0 aliphatic carbocycles. The van der Waals surface area contributed by atoms with E-state index in [0.717, 1.165) is 17.1 Å². The monoisotopic (exact) mass is 254 g/mol. The topological polar surface area (TPSA) is 18.5 Å². The van der Waals surface area contributed by atoms with E-state index in [1.54, 1.807) is 7.11 Å². The first kappa shape index (κ1) is 12.1. The fraction of sp³-hybridized carbons (Fsp3) is 0.294. The molecule has 0 saturated heterocycles.